The van der Waals surface area contributed by atoms with Crippen LogP contribution in [0.3, 0.4) is 0 Å². The van der Waals surface area contributed by atoms with Crippen LogP contribution in [0.15, 0.2) is 17.4 Å². The molecule has 1 amide bonds. The molecule has 0 atom stereocenters. The van der Waals surface area contributed by atoms with Crippen LogP contribution in [0.1, 0.15) is 19.3 Å². The second-order valence-electron chi connectivity index (χ2n) is 6.98. The molecule has 8 heteroatoms. The predicted molar refractivity (Wildman–Crippen MR) is 96.7 cm³/mol. The number of nitrogens with one attached hydrogen (secondary N) is 1. The molecule has 1 N–H and O–H groups in total. The fourth-order valence-corrected chi connectivity index (χ4v) is 3.28. The van der Waals surface area contributed by atoms with Crippen molar-refractivity contribution in [1.82, 2.24) is 20.0 Å². The molecule has 0 radical (unpaired) electrons. The summed E-state index contributed by atoms with van der Waals surface area (Å²) in [5.41, 5.74) is 1.19. The number of carbonyl (C=O) groups excluding carboxylic acids is 1. The van der Waals surface area contributed by atoms with Gasteiger partial charge in [-0.25, -0.2) is 0 Å². The van der Waals surface area contributed by atoms with Gasteiger partial charge in [-0.05, 0) is 24.7 Å². The molecule has 1 saturated heterocycles. The zero-order valence-corrected chi connectivity index (χ0v) is 15.4. The summed E-state index contributed by atoms with van der Waals surface area (Å²) in [6.07, 6.45) is 7.13. The highest BCUT2D eigenvalue weighted by molar-refractivity contribution is 5.98. The van der Waals surface area contributed by atoms with Crippen LogP contribution < -0.4 is 10.2 Å². The highest BCUT2D eigenvalue weighted by Crippen LogP contribution is 2.48. The minimum absolute atomic E-state index is 0.0720. The van der Waals surface area contributed by atoms with E-state index in [0.29, 0.717) is 18.5 Å². The second kappa shape index (κ2) is 7.43. The third-order valence-electron chi connectivity index (χ3n) is 5.15. The third-order valence-corrected chi connectivity index (χ3v) is 5.15. The Balaban J connectivity index is 1.54. The minimum Gasteiger partial charge on any atom is -0.385 e. The van der Waals surface area contributed by atoms with Gasteiger partial charge in [0.2, 0.25) is 5.91 Å². The molecule has 2 fully saturated rings. The summed E-state index contributed by atoms with van der Waals surface area (Å²) in [4.78, 5) is 20.7. The van der Waals surface area contributed by atoms with Gasteiger partial charge in [0.25, 0.3) is 0 Å². The molecule has 2 heterocycles. The Labute approximate surface area is 148 Å². The molecule has 0 unspecified atom stereocenters. The Kier molecular flexibility index (Phi) is 5.27. The van der Waals surface area contributed by atoms with Gasteiger partial charge >= 0.3 is 0 Å². The monoisotopic (exact) mass is 348 g/mol. The van der Waals surface area contributed by atoms with Gasteiger partial charge in [0.1, 0.15) is 6.54 Å². The van der Waals surface area contributed by atoms with Crippen molar-refractivity contribution in [3.8, 4) is 0 Å². The SMILES string of the molecule is CN=C(NCC1(CCOC)CC1)N1CCN(c2cnn(C)c2)C(=O)C1. The van der Waals surface area contributed by atoms with Gasteiger partial charge in [0.05, 0.1) is 11.9 Å². The number of methoxy groups -OCH3 is 1. The predicted octanol–water partition coefficient (Wildman–Crippen LogP) is 0.461. The van der Waals surface area contributed by atoms with Gasteiger partial charge in [-0.2, -0.15) is 5.10 Å². The van der Waals surface area contributed by atoms with E-state index in [9.17, 15) is 4.79 Å². The lowest BCUT2D eigenvalue weighted by Gasteiger charge is -2.35. The number of rotatable bonds is 6. The van der Waals surface area contributed by atoms with Crippen LogP contribution >= 0.6 is 0 Å². The van der Waals surface area contributed by atoms with Crippen molar-refractivity contribution >= 4 is 17.6 Å². The molecular formula is C17H28N6O2. The molecule has 0 bridgehead atoms. The van der Waals surface area contributed by atoms with Crippen LogP contribution in [0.4, 0.5) is 5.69 Å². The number of carbonyl (C=O) groups is 1. The van der Waals surface area contributed by atoms with Gasteiger partial charge in [0.15, 0.2) is 5.96 Å². The van der Waals surface area contributed by atoms with Crippen molar-refractivity contribution in [2.75, 3.05) is 51.8 Å². The van der Waals surface area contributed by atoms with E-state index in [1.54, 1.807) is 29.9 Å². The Morgan fingerprint density at radius 2 is 2.24 bits per heavy atom. The third kappa shape index (κ3) is 4.12. The zero-order chi connectivity index (χ0) is 17.9. The first-order valence-electron chi connectivity index (χ1n) is 8.80. The first kappa shape index (κ1) is 17.7. The van der Waals surface area contributed by atoms with Crippen molar-refractivity contribution in [3.63, 3.8) is 0 Å². The number of guanidine groups is 1. The van der Waals surface area contributed by atoms with E-state index < -0.39 is 0 Å². The molecule has 0 aromatic carbocycles. The van der Waals surface area contributed by atoms with Crippen LogP contribution in [0.25, 0.3) is 0 Å². The number of aliphatic imine (C=N–C) groups is 1. The normalized spacial score (nSPS) is 20.1. The molecule has 8 nitrogen and oxygen atoms in total. The summed E-state index contributed by atoms with van der Waals surface area (Å²) in [5.74, 6) is 0.880. The minimum atomic E-state index is 0.0720. The first-order chi connectivity index (χ1) is 12.1. The lowest BCUT2D eigenvalue weighted by atomic mass is 10.0. The van der Waals surface area contributed by atoms with E-state index in [-0.39, 0.29) is 5.91 Å². The first-order valence-corrected chi connectivity index (χ1v) is 8.80. The van der Waals surface area contributed by atoms with E-state index in [1.807, 2.05) is 18.1 Å². The number of aryl methyl sites for hydroxylation is 1. The molecule has 1 aromatic rings. The number of ether oxygens (including phenoxy) is 1. The van der Waals surface area contributed by atoms with Crippen LogP contribution in [0, 0.1) is 5.41 Å². The number of anilines is 1. The molecular weight excluding hydrogens is 320 g/mol. The van der Waals surface area contributed by atoms with E-state index in [0.717, 1.165) is 37.8 Å². The van der Waals surface area contributed by atoms with E-state index >= 15 is 0 Å². The summed E-state index contributed by atoms with van der Waals surface area (Å²) in [5, 5.41) is 7.61. The van der Waals surface area contributed by atoms with Gasteiger partial charge in [-0.1, -0.05) is 0 Å². The molecule has 0 spiro atoms. The number of nitrogens with zero attached hydrogens (tertiary/aromatic N) is 5. The van der Waals surface area contributed by atoms with Crippen molar-refractivity contribution in [3.05, 3.63) is 12.4 Å². The average molecular weight is 348 g/mol. The topological polar surface area (TPSA) is 75.0 Å². The van der Waals surface area contributed by atoms with Gasteiger partial charge in [-0.15, -0.1) is 0 Å². The summed E-state index contributed by atoms with van der Waals surface area (Å²) in [6, 6.07) is 0. The van der Waals surface area contributed by atoms with Crippen LogP contribution in [-0.4, -0.2) is 73.5 Å². The Bertz CT molecular complexity index is 637. The van der Waals surface area contributed by atoms with Crippen molar-refractivity contribution in [2.24, 2.45) is 17.5 Å². The van der Waals surface area contributed by atoms with Gasteiger partial charge in [0, 0.05) is 53.6 Å². The van der Waals surface area contributed by atoms with E-state index in [4.69, 9.17) is 4.74 Å². The quantitative estimate of drug-likeness (QED) is 0.597. The van der Waals surface area contributed by atoms with Crippen LogP contribution in [-0.2, 0) is 16.6 Å². The molecule has 2 aliphatic rings. The van der Waals surface area contributed by atoms with Gasteiger partial charge in [-0.3, -0.25) is 14.5 Å². The van der Waals surface area contributed by atoms with Crippen molar-refractivity contribution in [2.45, 2.75) is 19.3 Å². The highest BCUT2D eigenvalue weighted by Gasteiger charge is 2.42. The van der Waals surface area contributed by atoms with E-state index in [1.165, 1.54) is 12.8 Å². The maximum Gasteiger partial charge on any atom is 0.246 e. The number of hydrogen-bond donors (Lipinski definition) is 1. The molecule has 1 saturated carbocycles. The Morgan fingerprint density at radius 1 is 1.44 bits per heavy atom. The Hall–Kier alpha value is -2.09. The van der Waals surface area contributed by atoms with E-state index in [2.05, 4.69) is 15.4 Å². The fourth-order valence-electron chi connectivity index (χ4n) is 3.28. The molecule has 138 valence electrons. The maximum atomic E-state index is 12.5. The van der Waals surface area contributed by atoms with Crippen molar-refractivity contribution in [1.29, 1.82) is 0 Å². The largest absolute Gasteiger partial charge is 0.385 e. The molecule has 1 aliphatic heterocycles. The molecule has 3 rings (SSSR count). The fraction of sp³-hybridized carbons (Fsp3) is 0.706. The smallest absolute Gasteiger partial charge is 0.246 e. The lowest BCUT2D eigenvalue weighted by molar-refractivity contribution is -0.120. The lowest BCUT2D eigenvalue weighted by Crippen LogP contribution is -2.55. The Morgan fingerprint density at radius 3 is 2.80 bits per heavy atom. The summed E-state index contributed by atoms with van der Waals surface area (Å²) < 4.78 is 6.92. The van der Waals surface area contributed by atoms with Gasteiger partial charge < -0.3 is 19.9 Å². The van der Waals surface area contributed by atoms with Crippen LogP contribution in [0.2, 0.25) is 0 Å². The zero-order valence-electron chi connectivity index (χ0n) is 15.4. The number of piperazine rings is 1. The van der Waals surface area contributed by atoms with Crippen molar-refractivity contribution < 1.29 is 9.53 Å². The average Bonchev–Trinajstić information content (AvgIpc) is 3.25. The molecule has 1 aliphatic carbocycles. The standard InChI is InChI=1S/C17H28N6O2/c1-18-16(19-13-17(4-5-17)6-9-25-3)22-7-8-23(15(24)12-22)14-10-20-21(2)11-14/h10-11H,4-9,12-13H2,1-3H3,(H,18,19). The van der Waals surface area contributed by atoms with Crippen LogP contribution in [0.5, 0.6) is 0 Å². The summed E-state index contributed by atoms with van der Waals surface area (Å²) in [7, 11) is 5.37. The number of aromatic nitrogens is 2. The number of hydrogen-bond acceptors (Lipinski definition) is 4. The maximum absolute atomic E-state index is 12.5. The summed E-state index contributed by atoms with van der Waals surface area (Å²) >= 11 is 0. The summed E-state index contributed by atoms with van der Waals surface area (Å²) in [6.45, 7) is 3.41. The second-order valence-corrected chi connectivity index (χ2v) is 6.98. The molecule has 1 aromatic heterocycles. The highest BCUT2D eigenvalue weighted by atomic mass is 16.5. The number of amides is 1. The molecule has 25 heavy (non-hydrogen) atoms.